The minimum absolute atomic E-state index is 0.104. The van der Waals surface area contributed by atoms with Gasteiger partial charge in [0.15, 0.2) is 4.96 Å². The van der Waals surface area contributed by atoms with E-state index in [1.54, 1.807) is 11.3 Å². The van der Waals surface area contributed by atoms with Crippen molar-refractivity contribution in [2.45, 2.75) is 57.6 Å². The van der Waals surface area contributed by atoms with Gasteiger partial charge in [-0.2, -0.15) is 0 Å². The maximum atomic E-state index is 12.7. The van der Waals surface area contributed by atoms with Crippen molar-refractivity contribution in [1.82, 2.24) is 29.4 Å². The molecular weight excluding hydrogens is 538 g/mol. The minimum Gasteiger partial charge on any atom is -0.375 e. The van der Waals surface area contributed by atoms with Crippen molar-refractivity contribution in [3.8, 4) is 11.3 Å². The second-order valence-corrected chi connectivity index (χ2v) is 13.0. The average molecular weight is 572 g/mol. The van der Waals surface area contributed by atoms with Gasteiger partial charge in [-0.3, -0.25) is 14.1 Å². The first kappa shape index (κ1) is 26.2. The number of hydrogen-bond donors (Lipinski definition) is 1. The Bertz CT molecular complexity index is 1720. The molecule has 11 heteroatoms. The summed E-state index contributed by atoms with van der Waals surface area (Å²) < 4.78 is 13.1. The zero-order valence-electron chi connectivity index (χ0n) is 23.5. The number of morpholine rings is 1. The number of ether oxygens (including phenoxy) is 1. The molecule has 4 aromatic heterocycles. The van der Waals surface area contributed by atoms with Crippen LogP contribution in [0.4, 0.5) is 5.95 Å². The maximum Gasteiger partial charge on any atom is 0.224 e. The number of benzene rings is 1. The fourth-order valence-electron chi connectivity index (χ4n) is 5.62. The van der Waals surface area contributed by atoms with Crippen molar-refractivity contribution in [3.05, 3.63) is 59.7 Å². The molecule has 0 aliphatic carbocycles. The van der Waals surface area contributed by atoms with Crippen LogP contribution in [-0.2, 0) is 27.8 Å². The van der Waals surface area contributed by atoms with E-state index in [0.29, 0.717) is 30.2 Å². The van der Waals surface area contributed by atoms with Crippen LogP contribution in [0.15, 0.2) is 47.2 Å². The van der Waals surface area contributed by atoms with Crippen LogP contribution in [0.5, 0.6) is 0 Å². The number of imidazole rings is 1. The van der Waals surface area contributed by atoms with Gasteiger partial charge in [-0.25, -0.2) is 15.0 Å². The molecule has 0 saturated carbocycles. The lowest BCUT2D eigenvalue weighted by molar-refractivity contribution is -0.117. The summed E-state index contributed by atoms with van der Waals surface area (Å²) in [5, 5.41) is 7.45. The second-order valence-electron chi connectivity index (χ2n) is 12.1. The molecule has 2 aliphatic rings. The van der Waals surface area contributed by atoms with Crippen LogP contribution in [0.1, 0.15) is 44.2 Å². The summed E-state index contributed by atoms with van der Waals surface area (Å²) in [6.07, 6.45) is 6.07. The average Bonchev–Trinajstić information content (AvgIpc) is 3.75. The predicted molar refractivity (Wildman–Crippen MR) is 157 cm³/mol. The fourth-order valence-corrected chi connectivity index (χ4v) is 6.57. The highest BCUT2D eigenvalue weighted by atomic mass is 32.1. The van der Waals surface area contributed by atoms with E-state index in [0.717, 1.165) is 70.6 Å². The van der Waals surface area contributed by atoms with Gasteiger partial charge in [0.25, 0.3) is 0 Å². The van der Waals surface area contributed by atoms with E-state index in [-0.39, 0.29) is 17.6 Å². The third kappa shape index (κ3) is 5.37. The van der Waals surface area contributed by atoms with Crippen molar-refractivity contribution in [2.24, 2.45) is 0 Å². The summed E-state index contributed by atoms with van der Waals surface area (Å²) >= 11 is 1.55. The molecule has 0 amide bonds. The Morgan fingerprint density at radius 2 is 2.02 bits per heavy atom. The van der Waals surface area contributed by atoms with Crippen molar-refractivity contribution in [1.29, 1.82) is 0 Å². The molecule has 212 valence electrons. The van der Waals surface area contributed by atoms with Crippen LogP contribution in [0, 0.1) is 0 Å². The summed E-state index contributed by atoms with van der Waals surface area (Å²) in [6.45, 7) is 9.84. The molecule has 0 spiro atoms. The molecule has 0 unspecified atom stereocenters. The zero-order valence-corrected chi connectivity index (χ0v) is 24.3. The third-order valence-corrected chi connectivity index (χ3v) is 8.84. The van der Waals surface area contributed by atoms with Crippen LogP contribution in [0.3, 0.4) is 0 Å². The SMILES string of the molecule is CC(C)(C)c1cc(CC(=O)Cc2ccc(-c3cn4c(n3)sc3nc(NCCN5C[C@@H]6C[C@H]5CO6)ncc34)cc2)no1. The summed E-state index contributed by atoms with van der Waals surface area (Å²) in [5.74, 6) is 1.54. The molecule has 6 heterocycles. The Balaban J connectivity index is 0.978. The Kier molecular flexibility index (Phi) is 6.60. The molecule has 2 saturated heterocycles. The quantitative estimate of drug-likeness (QED) is 0.273. The van der Waals surface area contributed by atoms with E-state index in [2.05, 4.69) is 41.1 Å². The van der Waals surface area contributed by atoms with Crippen LogP contribution in [0.2, 0.25) is 0 Å². The van der Waals surface area contributed by atoms with Crippen LogP contribution in [0.25, 0.3) is 26.6 Å². The van der Waals surface area contributed by atoms with Gasteiger partial charge in [-0.15, -0.1) is 0 Å². The van der Waals surface area contributed by atoms with Crippen molar-refractivity contribution >= 4 is 38.4 Å². The molecule has 5 aromatic rings. The molecular formula is C30H33N7O3S. The van der Waals surface area contributed by atoms with Crippen molar-refractivity contribution < 1.29 is 14.1 Å². The van der Waals surface area contributed by atoms with Gasteiger partial charge in [0.1, 0.15) is 21.9 Å². The Hall–Kier alpha value is -3.67. The number of likely N-dealkylation sites (tertiary alicyclic amines) is 1. The topological polar surface area (TPSA) is 111 Å². The van der Waals surface area contributed by atoms with E-state index >= 15 is 0 Å². The van der Waals surface area contributed by atoms with E-state index in [1.165, 1.54) is 0 Å². The Labute approximate surface area is 241 Å². The van der Waals surface area contributed by atoms with Gasteiger partial charge >= 0.3 is 0 Å². The van der Waals surface area contributed by atoms with Gasteiger partial charge in [0.05, 0.1) is 36.7 Å². The van der Waals surface area contributed by atoms with E-state index in [4.69, 9.17) is 19.2 Å². The van der Waals surface area contributed by atoms with E-state index in [1.807, 2.05) is 47.1 Å². The molecule has 2 atom stereocenters. The first-order chi connectivity index (χ1) is 19.8. The fraction of sp³-hybridized carbons (Fsp3) is 0.433. The number of nitrogens with zero attached hydrogens (tertiary/aromatic N) is 6. The minimum atomic E-state index is -0.130. The number of fused-ring (bicyclic) bond motifs is 5. The number of carbonyl (C=O) groups is 1. The lowest BCUT2D eigenvalue weighted by Crippen LogP contribution is -2.39. The van der Waals surface area contributed by atoms with Crippen LogP contribution >= 0.6 is 11.3 Å². The van der Waals surface area contributed by atoms with Gasteiger partial charge in [0.2, 0.25) is 5.95 Å². The zero-order chi connectivity index (χ0) is 28.1. The molecule has 0 radical (unpaired) electrons. The number of Topliss-reactive ketones (excluding diaryl/α,β-unsaturated/α-hetero) is 1. The number of nitrogens with one attached hydrogen (secondary N) is 1. The number of carbonyl (C=O) groups excluding carboxylic acids is 1. The van der Waals surface area contributed by atoms with Crippen LogP contribution in [-0.4, -0.2) is 73.6 Å². The molecule has 41 heavy (non-hydrogen) atoms. The lowest BCUT2D eigenvalue weighted by Gasteiger charge is -2.26. The van der Waals surface area contributed by atoms with Gasteiger partial charge in [-0.05, 0) is 12.0 Å². The van der Waals surface area contributed by atoms with Crippen molar-refractivity contribution in [2.75, 3.05) is 31.6 Å². The number of rotatable bonds is 9. The van der Waals surface area contributed by atoms with Crippen LogP contribution < -0.4 is 5.32 Å². The summed E-state index contributed by atoms with van der Waals surface area (Å²) in [4.78, 5) is 31.1. The largest absolute Gasteiger partial charge is 0.375 e. The summed E-state index contributed by atoms with van der Waals surface area (Å²) in [7, 11) is 0. The highest BCUT2D eigenvalue weighted by Crippen LogP contribution is 2.30. The Morgan fingerprint density at radius 1 is 1.17 bits per heavy atom. The molecule has 2 bridgehead atoms. The van der Waals surface area contributed by atoms with Crippen molar-refractivity contribution in [3.63, 3.8) is 0 Å². The van der Waals surface area contributed by atoms with Gasteiger partial charge < -0.3 is 14.6 Å². The Morgan fingerprint density at radius 3 is 2.76 bits per heavy atom. The number of aromatic nitrogens is 5. The van der Waals surface area contributed by atoms with Gasteiger partial charge in [0, 0.05) is 55.3 Å². The molecule has 7 rings (SSSR count). The molecule has 10 nitrogen and oxygen atoms in total. The van der Waals surface area contributed by atoms with E-state index in [9.17, 15) is 4.79 Å². The number of hydrogen-bond acceptors (Lipinski definition) is 10. The molecule has 2 fully saturated rings. The normalized spacial score (nSPS) is 19.1. The molecule has 1 aromatic carbocycles. The smallest absolute Gasteiger partial charge is 0.224 e. The lowest BCUT2D eigenvalue weighted by atomic mass is 9.93. The van der Waals surface area contributed by atoms with Gasteiger partial charge in [-0.1, -0.05) is 61.5 Å². The first-order valence-corrected chi connectivity index (χ1v) is 14.9. The standard InChI is InChI=1S/C30H33N7O3S/c1-30(2,3)26-12-20(35-40-26)11-22(38)10-18-4-6-19(7-5-18)24-16-37-25-14-32-28(34-27(25)41-29(37)33-24)31-8-9-36-15-23-13-21(36)17-39-23/h4-7,12,14,16,21,23H,8-11,13,15,17H2,1-3H3,(H,31,32,34)/t21-,23-/m0/s1. The molecule has 2 aliphatic heterocycles. The third-order valence-electron chi connectivity index (χ3n) is 7.88. The number of anilines is 1. The molecule has 1 N–H and O–H groups in total. The number of ketones is 1. The monoisotopic (exact) mass is 571 g/mol. The first-order valence-electron chi connectivity index (χ1n) is 14.1. The predicted octanol–water partition coefficient (Wildman–Crippen LogP) is 4.53. The van der Waals surface area contributed by atoms with E-state index < -0.39 is 0 Å². The highest BCUT2D eigenvalue weighted by Gasteiger charge is 2.38. The highest BCUT2D eigenvalue weighted by molar-refractivity contribution is 7.23. The maximum absolute atomic E-state index is 12.7. The summed E-state index contributed by atoms with van der Waals surface area (Å²) in [5.41, 5.74) is 4.32. The second kappa shape index (κ2) is 10.3. The number of thiazole rings is 1. The summed E-state index contributed by atoms with van der Waals surface area (Å²) in [6, 6.07) is 10.5.